The molecule has 3 N–H and O–H groups in total. The maximum atomic E-state index is 11.9. The van der Waals surface area contributed by atoms with Crippen LogP contribution in [0.4, 0.5) is 0 Å². The first-order chi connectivity index (χ1) is 8.67. The standard InChI is InChI=1S/C14H28N2OS/c1-3-4-11-5-7-12(8-6-11)16-14(17)13(15)9-10-18-2/h11-13H,3-10,15H2,1-2H3,(H,16,17)/t11?,12?,13-/m0/s1. The van der Waals surface area contributed by atoms with Gasteiger partial charge < -0.3 is 11.1 Å². The zero-order valence-corrected chi connectivity index (χ0v) is 12.6. The summed E-state index contributed by atoms with van der Waals surface area (Å²) in [5.41, 5.74) is 5.87. The van der Waals surface area contributed by atoms with Gasteiger partial charge in [-0.1, -0.05) is 19.8 Å². The van der Waals surface area contributed by atoms with Crippen LogP contribution in [0.15, 0.2) is 0 Å². The van der Waals surface area contributed by atoms with Crippen LogP contribution >= 0.6 is 11.8 Å². The molecule has 1 aliphatic carbocycles. The maximum Gasteiger partial charge on any atom is 0.237 e. The molecule has 0 spiro atoms. The molecule has 3 nitrogen and oxygen atoms in total. The number of thioether (sulfide) groups is 1. The fourth-order valence-electron chi connectivity index (χ4n) is 2.69. The Bertz CT molecular complexity index is 240. The van der Waals surface area contributed by atoms with Crippen molar-refractivity contribution in [3.05, 3.63) is 0 Å². The van der Waals surface area contributed by atoms with Crippen LogP contribution < -0.4 is 11.1 Å². The third kappa shape index (κ3) is 5.61. The quantitative estimate of drug-likeness (QED) is 0.749. The van der Waals surface area contributed by atoms with Gasteiger partial charge in [-0.3, -0.25) is 4.79 Å². The highest BCUT2D eigenvalue weighted by Gasteiger charge is 2.23. The molecule has 1 amide bonds. The number of hydrogen-bond acceptors (Lipinski definition) is 3. The molecular weight excluding hydrogens is 244 g/mol. The van der Waals surface area contributed by atoms with E-state index >= 15 is 0 Å². The lowest BCUT2D eigenvalue weighted by molar-refractivity contribution is -0.123. The third-order valence-electron chi connectivity index (χ3n) is 3.86. The molecule has 0 aliphatic heterocycles. The summed E-state index contributed by atoms with van der Waals surface area (Å²) < 4.78 is 0. The summed E-state index contributed by atoms with van der Waals surface area (Å²) in [7, 11) is 0. The molecule has 1 fully saturated rings. The topological polar surface area (TPSA) is 55.1 Å². The number of hydrogen-bond donors (Lipinski definition) is 2. The van der Waals surface area contributed by atoms with Gasteiger partial charge in [-0.15, -0.1) is 0 Å². The van der Waals surface area contributed by atoms with Crippen LogP contribution in [0.5, 0.6) is 0 Å². The summed E-state index contributed by atoms with van der Waals surface area (Å²) in [5, 5.41) is 3.12. The van der Waals surface area contributed by atoms with Crippen molar-refractivity contribution in [3.63, 3.8) is 0 Å². The average Bonchev–Trinajstić information content (AvgIpc) is 2.38. The van der Waals surface area contributed by atoms with Crippen molar-refractivity contribution in [1.82, 2.24) is 5.32 Å². The predicted molar refractivity (Wildman–Crippen MR) is 79.8 cm³/mol. The van der Waals surface area contributed by atoms with Crippen LogP contribution in [0.2, 0.25) is 0 Å². The van der Waals surface area contributed by atoms with Gasteiger partial charge in [0.2, 0.25) is 5.91 Å². The fourth-order valence-corrected chi connectivity index (χ4v) is 3.18. The first kappa shape index (κ1) is 15.8. The summed E-state index contributed by atoms with van der Waals surface area (Å²) in [5.74, 6) is 1.88. The van der Waals surface area contributed by atoms with Crippen LogP contribution in [0.3, 0.4) is 0 Å². The largest absolute Gasteiger partial charge is 0.352 e. The van der Waals surface area contributed by atoms with Crippen LogP contribution in [0.25, 0.3) is 0 Å². The lowest BCUT2D eigenvalue weighted by atomic mass is 9.83. The van der Waals surface area contributed by atoms with Crippen molar-refractivity contribution in [2.24, 2.45) is 11.7 Å². The first-order valence-corrected chi connectivity index (χ1v) is 8.61. The van der Waals surface area contributed by atoms with E-state index in [0.29, 0.717) is 6.04 Å². The minimum absolute atomic E-state index is 0.0444. The van der Waals surface area contributed by atoms with E-state index in [4.69, 9.17) is 5.73 Å². The van der Waals surface area contributed by atoms with E-state index in [-0.39, 0.29) is 11.9 Å². The lowest BCUT2D eigenvalue weighted by Gasteiger charge is -2.29. The van der Waals surface area contributed by atoms with E-state index in [0.717, 1.165) is 30.9 Å². The fraction of sp³-hybridized carbons (Fsp3) is 0.929. The van der Waals surface area contributed by atoms with Crippen molar-refractivity contribution in [1.29, 1.82) is 0 Å². The number of amides is 1. The molecule has 1 saturated carbocycles. The van der Waals surface area contributed by atoms with Gasteiger partial charge in [0, 0.05) is 6.04 Å². The van der Waals surface area contributed by atoms with Gasteiger partial charge in [-0.2, -0.15) is 11.8 Å². The molecule has 0 radical (unpaired) electrons. The molecule has 0 aromatic carbocycles. The number of nitrogens with one attached hydrogen (secondary N) is 1. The van der Waals surface area contributed by atoms with E-state index in [9.17, 15) is 4.79 Å². The van der Waals surface area contributed by atoms with Gasteiger partial charge >= 0.3 is 0 Å². The van der Waals surface area contributed by atoms with E-state index in [1.807, 2.05) is 6.26 Å². The summed E-state index contributed by atoms with van der Waals surface area (Å²) in [4.78, 5) is 11.9. The van der Waals surface area contributed by atoms with E-state index in [1.54, 1.807) is 11.8 Å². The number of rotatable bonds is 7. The molecule has 0 aromatic heterocycles. The Labute approximate surface area is 116 Å². The smallest absolute Gasteiger partial charge is 0.237 e. The Morgan fingerprint density at radius 3 is 2.61 bits per heavy atom. The Hall–Kier alpha value is -0.220. The monoisotopic (exact) mass is 272 g/mol. The molecule has 1 atom stereocenters. The molecule has 1 aliphatic rings. The number of carbonyl (C=O) groups is 1. The molecule has 18 heavy (non-hydrogen) atoms. The molecule has 0 saturated heterocycles. The van der Waals surface area contributed by atoms with Gasteiger partial charge in [0.1, 0.15) is 0 Å². The van der Waals surface area contributed by atoms with Crippen LogP contribution in [-0.2, 0) is 4.79 Å². The second kappa shape index (κ2) is 8.81. The second-order valence-corrected chi connectivity index (χ2v) is 6.39. The Balaban J connectivity index is 2.21. The molecule has 0 bridgehead atoms. The van der Waals surface area contributed by atoms with Gasteiger partial charge in [0.05, 0.1) is 6.04 Å². The van der Waals surface area contributed by atoms with E-state index in [2.05, 4.69) is 12.2 Å². The highest BCUT2D eigenvalue weighted by molar-refractivity contribution is 7.98. The van der Waals surface area contributed by atoms with Crippen molar-refractivity contribution >= 4 is 17.7 Å². The molecule has 4 heteroatoms. The molecule has 0 unspecified atom stereocenters. The van der Waals surface area contributed by atoms with Crippen molar-refractivity contribution in [2.45, 2.75) is 64.0 Å². The van der Waals surface area contributed by atoms with Crippen molar-refractivity contribution in [3.8, 4) is 0 Å². The average molecular weight is 272 g/mol. The summed E-state index contributed by atoms with van der Waals surface area (Å²) in [6.07, 6.45) is 10.2. The van der Waals surface area contributed by atoms with Crippen LogP contribution in [0, 0.1) is 5.92 Å². The van der Waals surface area contributed by atoms with Gasteiger partial charge in [-0.05, 0) is 50.0 Å². The van der Waals surface area contributed by atoms with Crippen molar-refractivity contribution < 1.29 is 4.79 Å². The minimum Gasteiger partial charge on any atom is -0.352 e. The summed E-state index contributed by atoms with van der Waals surface area (Å²) in [6, 6.07) is 0.0387. The van der Waals surface area contributed by atoms with Gasteiger partial charge in [0.25, 0.3) is 0 Å². The highest BCUT2D eigenvalue weighted by atomic mass is 32.2. The minimum atomic E-state index is -0.328. The maximum absolute atomic E-state index is 11.9. The molecular formula is C14H28N2OS. The SMILES string of the molecule is CCCC1CCC(NC(=O)[C@@H](N)CCSC)CC1. The first-order valence-electron chi connectivity index (χ1n) is 7.22. The normalized spacial score (nSPS) is 25.7. The summed E-state index contributed by atoms with van der Waals surface area (Å²) >= 11 is 1.74. The number of carbonyl (C=O) groups excluding carboxylic acids is 1. The van der Waals surface area contributed by atoms with E-state index in [1.165, 1.54) is 25.7 Å². The Kier molecular flexibility index (Phi) is 7.75. The van der Waals surface area contributed by atoms with E-state index < -0.39 is 0 Å². The van der Waals surface area contributed by atoms with Crippen LogP contribution in [-0.4, -0.2) is 30.0 Å². The summed E-state index contributed by atoms with van der Waals surface area (Å²) in [6.45, 7) is 2.25. The predicted octanol–water partition coefficient (Wildman–Crippen LogP) is 2.54. The molecule has 106 valence electrons. The third-order valence-corrected chi connectivity index (χ3v) is 4.50. The van der Waals surface area contributed by atoms with Crippen molar-refractivity contribution in [2.75, 3.05) is 12.0 Å². The second-order valence-electron chi connectivity index (χ2n) is 5.40. The molecule has 1 rings (SSSR count). The Morgan fingerprint density at radius 2 is 2.06 bits per heavy atom. The molecule has 0 aromatic rings. The zero-order valence-electron chi connectivity index (χ0n) is 11.8. The highest BCUT2D eigenvalue weighted by Crippen LogP contribution is 2.27. The number of nitrogens with two attached hydrogens (primary N) is 1. The van der Waals surface area contributed by atoms with Gasteiger partial charge in [0.15, 0.2) is 0 Å². The van der Waals surface area contributed by atoms with Crippen LogP contribution in [0.1, 0.15) is 51.9 Å². The lowest BCUT2D eigenvalue weighted by Crippen LogP contribution is -2.46. The Morgan fingerprint density at radius 1 is 1.39 bits per heavy atom. The molecule has 0 heterocycles. The van der Waals surface area contributed by atoms with Gasteiger partial charge in [-0.25, -0.2) is 0 Å². The zero-order chi connectivity index (χ0) is 13.4.